The molecule has 0 aliphatic rings. The molecule has 0 aromatic carbocycles. The zero-order chi connectivity index (χ0) is 11.4. The van der Waals surface area contributed by atoms with Gasteiger partial charge in [-0.3, -0.25) is 4.79 Å². The van der Waals surface area contributed by atoms with Crippen LogP contribution < -0.4 is 5.32 Å². The molecule has 4 nitrogen and oxygen atoms in total. The lowest BCUT2D eigenvalue weighted by Gasteiger charge is -2.02. The Bertz CT molecular complexity index is 465. The Morgan fingerprint density at radius 3 is 2.94 bits per heavy atom. The van der Waals surface area contributed by atoms with E-state index in [0.717, 1.165) is 4.47 Å². The van der Waals surface area contributed by atoms with E-state index in [9.17, 15) is 4.79 Å². The van der Waals surface area contributed by atoms with Crippen LogP contribution in [0.3, 0.4) is 0 Å². The number of nitrogens with one attached hydrogen (secondary N) is 1. The molecular weight excluding hydrogens is 272 g/mol. The zero-order valence-corrected chi connectivity index (χ0v) is 9.90. The first-order chi connectivity index (χ1) is 7.75. The molecule has 16 heavy (non-hydrogen) atoms. The molecule has 2 heterocycles. The van der Waals surface area contributed by atoms with E-state index < -0.39 is 0 Å². The van der Waals surface area contributed by atoms with Crippen LogP contribution in [0.4, 0.5) is 0 Å². The number of pyridine rings is 1. The van der Waals surface area contributed by atoms with E-state index in [1.807, 2.05) is 0 Å². The van der Waals surface area contributed by atoms with Gasteiger partial charge in [0.2, 0.25) is 0 Å². The number of furan rings is 1. The van der Waals surface area contributed by atoms with Crippen molar-refractivity contribution >= 4 is 21.8 Å². The molecule has 0 saturated carbocycles. The van der Waals surface area contributed by atoms with Gasteiger partial charge < -0.3 is 9.73 Å². The van der Waals surface area contributed by atoms with Crippen molar-refractivity contribution in [1.82, 2.24) is 10.3 Å². The number of carbonyl (C=O) groups is 1. The summed E-state index contributed by atoms with van der Waals surface area (Å²) < 4.78 is 5.94. The second-order valence-corrected chi connectivity index (χ2v) is 4.04. The number of hydrogen-bond acceptors (Lipinski definition) is 3. The fourth-order valence-corrected chi connectivity index (χ4v) is 1.42. The SMILES string of the molecule is O=C(NCc1ccco1)c1ccc(Br)cn1. The van der Waals surface area contributed by atoms with E-state index in [1.54, 1.807) is 36.7 Å². The molecule has 0 spiro atoms. The summed E-state index contributed by atoms with van der Waals surface area (Å²) in [6, 6.07) is 7.00. The minimum atomic E-state index is -0.219. The molecule has 1 N–H and O–H groups in total. The molecular formula is C11H9BrN2O2. The van der Waals surface area contributed by atoms with Crippen LogP contribution in [-0.2, 0) is 6.54 Å². The van der Waals surface area contributed by atoms with Crippen molar-refractivity contribution in [3.63, 3.8) is 0 Å². The largest absolute Gasteiger partial charge is 0.467 e. The molecule has 0 bridgehead atoms. The predicted octanol–water partition coefficient (Wildman–Crippen LogP) is 2.37. The van der Waals surface area contributed by atoms with Crippen LogP contribution in [-0.4, -0.2) is 10.9 Å². The summed E-state index contributed by atoms with van der Waals surface area (Å²) in [6.45, 7) is 0.365. The Labute approximate surface area is 101 Å². The summed E-state index contributed by atoms with van der Waals surface area (Å²) in [5, 5.41) is 2.71. The highest BCUT2D eigenvalue weighted by Crippen LogP contribution is 2.07. The second-order valence-electron chi connectivity index (χ2n) is 3.12. The van der Waals surface area contributed by atoms with Gasteiger partial charge in [0.15, 0.2) is 0 Å². The normalized spacial score (nSPS) is 10.1. The average molecular weight is 281 g/mol. The van der Waals surface area contributed by atoms with E-state index in [-0.39, 0.29) is 5.91 Å². The minimum absolute atomic E-state index is 0.219. The summed E-state index contributed by atoms with van der Waals surface area (Å²) in [4.78, 5) is 15.6. The number of halogens is 1. The van der Waals surface area contributed by atoms with E-state index in [4.69, 9.17) is 4.42 Å². The molecule has 0 unspecified atom stereocenters. The molecule has 82 valence electrons. The van der Waals surface area contributed by atoms with Gasteiger partial charge in [0, 0.05) is 10.7 Å². The van der Waals surface area contributed by atoms with E-state index in [0.29, 0.717) is 18.0 Å². The van der Waals surface area contributed by atoms with Crippen molar-refractivity contribution in [2.75, 3.05) is 0 Å². The molecule has 2 aromatic heterocycles. The lowest BCUT2D eigenvalue weighted by molar-refractivity contribution is 0.0943. The average Bonchev–Trinajstić information content (AvgIpc) is 2.80. The highest BCUT2D eigenvalue weighted by Gasteiger charge is 2.06. The van der Waals surface area contributed by atoms with Gasteiger partial charge in [-0.1, -0.05) is 0 Å². The summed E-state index contributed by atoms with van der Waals surface area (Å²) in [7, 11) is 0. The second kappa shape index (κ2) is 4.94. The van der Waals surface area contributed by atoms with Gasteiger partial charge in [-0.2, -0.15) is 0 Å². The third kappa shape index (κ3) is 2.70. The first-order valence-electron chi connectivity index (χ1n) is 4.68. The Morgan fingerprint density at radius 1 is 1.44 bits per heavy atom. The lowest BCUT2D eigenvalue weighted by Crippen LogP contribution is -2.23. The maximum absolute atomic E-state index is 11.6. The summed E-state index contributed by atoms with van der Waals surface area (Å²) in [5.74, 6) is 0.495. The first kappa shape index (κ1) is 10.9. The molecule has 5 heteroatoms. The number of rotatable bonds is 3. The van der Waals surface area contributed by atoms with Crippen LogP contribution in [0.1, 0.15) is 16.2 Å². The Kier molecular flexibility index (Phi) is 3.36. The molecule has 0 fully saturated rings. The molecule has 2 rings (SSSR count). The van der Waals surface area contributed by atoms with Gasteiger partial charge in [-0.05, 0) is 40.2 Å². The summed E-state index contributed by atoms with van der Waals surface area (Å²) in [5.41, 5.74) is 0.384. The highest BCUT2D eigenvalue weighted by atomic mass is 79.9. The third-order valence-electron chi connectivity index (χ3n) is 1.96. The van der Waals surface area contributed by atoms with Gasteiger partial charge >= 0.3 is 0 Å². The van der Waals surface area contributed by atoms with Crippen molar-refractivity contribution in [2.45, 2.75) is 6.54 Å². The van der Waals surface area contributed by atoms with Crippen molar-refractivity contribution in [2.24, 2.45) is 0 Å². The van der Waals surface area contributed by atoms with Crippen molar-refractivity contribution in [3.05, 3.63) is 52.7 Å². The number of amides is 1. The minimum Gasteiger partial charge on any atom is -0.467 e. The van der Waals surface area contributed by atoms with Gasteiger partial charge in [-0.25, -0.2) is 4.98 Å². The Hall–Kier alpha value is -1.62. The predicted molar refractivity (Wildman–Crippen MR) is 61.8 cm³/mol. The molecule has 0 atom stereocenters. The van der Waals surface area contributed by atoms with Crippen LogP contribution in [0.5, 0.6) is 0 Å². The van der Waals surface area contributed by atoms with E-state index >= 15 is 0 Å². The molecule has 0 radical (unpaired) electrons. The molecule has 0 saturated heterocycles. The van der Waals surface area contributed by atoms with Crippen molar-refractivity contribution < 1.29 is 9.21 Å². The summed E-state index contributed by atoms with van der Waals surface area (Å²) in [6.07, 6.45) is 3.15. The number of nitrogens with zero attached hydrogens (tertiary/aromatic N) is 1. The molecule has 2 aromatic rings. The van der Waals surface area contributed by atoms with Crippen LogP contribution in [0.25, 0.3) is 0 Å². The molecule has 0 aliphatic carbocycles. The van der Waals surface area contributed by atoms with Gasteiger partial charge in [0.1, 0.15) is 11.5 Å². The molecule has 1 amide bonds. The third-order valence-corrected chi connectivity index (χ3v) is 2.43. The molecule has 0 aliphatic heterocycles. The van der Waals surface area contributed by atoms with Crippen molar-refractivity contribution in [3.8, 4) is 0 Å². The zero-order valence-electron chi connectivity index (χ0n) is 8.31. The van der Waals surface area contributed by atoms with Gasteiger partial charge in [0.05, 0.1) is 12.8 Å². The lowest BCUT2D eigenvalue weighted by atomic mass is 10.3. The Balaban J connectivity index is 1.95. The fraction of sp³-hybridized carbons (Fsp3) is 0.0909. The first-order valence-corrected chi connectivity index (χ1v) is 5.47. The number of aromatic nitrogens is 1. The van der Waals surface area contributed by atoms with Gasteiger partial charge in [0.25, 0.3) is 5.91 Å². The fourth-order valence-electron chi connectivity index (χ4n) is 1.18. The van der Waals surface area contributed by atoms with Crippen molar-refractivity contribution in [1.29, 1.82) is 0 Å². The maximum atomic E-state index is 11.6. The monoisotopic (exact) mass is 280 g/mol. The van der Waals surface area contributed by atoms with Crippen LogP contribution in [0.2, 0.25) is 0 Å². The highest BCUT2D eigenvalue weighted by molar-refractivity contribution is 9.10. The van der Waals surface area contributed by atoms with Crippen LogP contribution >= 0.6 is 15.9 Å². The quantitative estimate of drug-likeness (QED) is 0.939. The van der Waals surface area contributed by atoms with E-state index in [2.05, 4.69) is 26.2 Å². The Morgan fingerprint density at radius 2 is 2.31 bits per heavy atom. The topological polar surface area (TPSA) is 55.1 Å². The van der Waals surface area contributed by atoms with Gasteiger partial charge in [-0.15, -0.1) is 0 Å². The van der Waals surface area contributed by atoms with Crippen LogP contribution in [0.15, 0.2) is 45.6 Å². The number of carbonyl (C=O) groups excluding carboxylic acids is 1. The number of hydrogen-bond donors (Lipinski definition) is 1. The van der Waals surface area contributed by atoms with Crippen LogP contribution in [0, 0.1) is 0 Å². The summed E-state index contributed by atoms with van der Waals surface area (Å²) >= 11 is 3.26. The smallest absolute Gasteiger partial charge is 0.270 e. The standard InChI is InChI=1S/C11H9BrN2O2/c12-8-3-4-10(13-6-8)11(15)14-7-9-2-1-5-16-9/h1-6H,7H2,(H,14,15). The van der Waals surface area contributed by atoms with E-state index in [1.165, 1.54) is 0 Å². The maximum Gasteiger partial charge on any atom is 0.270 e.